The van der Waals surface area contributed by atoms with Crippen molar-refractivity contribution in [3.8, 4) is 5.75 Å². The highest BCUT2D eigenvalue weighted by Gasteiger charge is 2.61. The lowest BCUT2D eigenvalue weighted by Gasteiger charge is -2.61. The van der Waals surface area contributed by atoms with Crippen molar-refractivity contribution in [3.05, 3.63) is 65.7 Å². The molecule has 0 amide bonds. The largest absolute Gasteiger partial charge is 0.489 e. The van der Waals surface area contributed by atoms with E-state index < -0.39 is 0 Å². The van der Waals surface area contributed by atoms with Crippen molar-refractivity contribution in [2.24, 2.45) is 52.3 Å². The minimum atomic E-state index is -0.0250. The first-order valence-corrected chi connectivity index (χ1v) is 17.5. The summed E-state index contributed by atoms with van der Waals surface area (Å²) in [5.41, 5.74) is 2.96. The second kappa shape index (κ2) is 12.1. The number of ether oxygens (including phenoxy) is 1. The van der Waals surface area contributed by atoms with Crippen LogP contribution < -0.4 is 4.74 Å². The molecule has 0 spiro atoms. The molecule has 228 valence electrons. The Morgan fingerprint density at radius 1 is 0.833 bits per heavy atom. The predicted octanol–water partition coefficient (Wildman–Crippen LogP) is 10.6. The van der Waals surface area contributed by atoms with E-state index in [2.05, 4.69) is 77.1 Å². The molecule has 0 saturated heterocycles. The Morgan fingerprint density at radius 3 is 2.36 bits per heavy atom. The molecule has 4 aliphatic rings. The van der Waals surface area contributed by atoms with E-state index in [9.17, 15) is 4.79 Å². The van der Waals surface area contributed by atoms with Gasteiger partial charge in [0.2, 0.25) is 0 Å². The van der Waals surface area contributed by atoms with Crippen molar-refractivity contribution in [2.75, 3.05) is 0 Å². The summed E-state index contributed by atoms with van der Waals surface area (Å²) in [5, 5.41) is 0. The van der Waals surface area contributed by atoms with Gasteiger partial charge in [0, 0.05) is 17.9 Å². The topological polar surface area (TPSA) is 26.3 Å². The zero-order chi connectivity index (χ0) is 29.5. The molecule has 0 N–H and O–H groups in total. The van der Waals surface area contributed by atoms with Crippen molar-refractivity contribution in [1.82, 2.24) is 0 Å². The summed E-state index contributed by atoms with van der Waals surface area (Å²) in [4.78, 5) is 14.1. The monoisotopic (exact) mass is 568 g/mol. The van der Waals surface area contributed by atoms with Crippen LogP contribution in [0.1, 0.15) is 122 Å². The molecule has 2 aromatic carbocycles. The summed E-state index contributed by atoms with van der Waals surface area (Å²) in [6, 6.07) is 18.7. The number of para-hydroxylation sites is 1. The van der Waals surface area contributed by atoms with Crippen LogP contribution in [-0.4, -0.2) is 5.78 Å². The third-order valence-corrected chi connectivity index (χ3v) is 13.3. The van der Waals surface area contributed by atoms with E-state index in [4.69, 9.17) is 4.74 Å². The zero-order valence-electron chi connectivity index (χ0n) is 27.1. The van der Waals surface area contributed by atoms with Crippen molar-refractivity contribution in [3.63, 3.8) is 0 Å². The number of carbonyl (C=O) groups excluding carboxylic acids is 1. The van der Waals surface area contributed by atoms with Crippen LogP contribution in [-0.2, 0) is 11.4 Å². The molecular formula is C40H56O2. The molecule has 42 heavy (non-hydrogen) atoms. The molecule has 2 nitrogen and oxygen atoms in total. The van der Waals surface area contributed by atoms with E-state index in [1.807, 2.05) is 12.1 Å². The van der Waals surface area contributed by atoms with E-state index >= 15 is 0 Å². The number of fused-ring (bicyclic) bond motifs is 5. The first-order valence-electron chi connectivity index (χ1n) is 17.5. The second-order valence-electron chi connectivity index (χ2n) is 15.9. The smallest absolute Gasteiger partial charge is 0.141 e. The normalized spacial score (nSPS) is 36.7. The molecule has 6 rings (SSSR count). The van der Waals surface area contributed by atoms with Crippen LogP contribution in [0.15, 0.2) is 54.6 Å². The van der Waals surface area contributed by atoms with E-state index in [0.29, 0.717) is 23.7 Å². The molecule has 4 fully saturated rings. The van der Waals surface area contributed by atoms with Crippen molar-refractivity contribution >= 4 is 5.78 Å². The van der Waals surface area contributed by atoms with E-state index in [-0.39, 0.29) is 11.3 Å². The summed E-state index contributed by atoms with van der Waals surface area (Å²) in [6.07, 6.45) is 14.2. The van der Waals surface area contributed by atoms with Gasteiger partial charge in [0.15, 0.2) is 0 Å². The second-order valence-corrected chi connectivity index (χ2v) is 15.9. The highest BCUT2D eigenvalue weighted by Crippen LogP contribution is 2.69. The summed E-state index contributed by atoms with van der Waals surface area (Å²) >= 11 is 0. The fourth-order valence-electron chi connectivity index (χ4n) is 11.1. The van der Waals surface area contributed by atoms with Crippen LogP contribution in [0.25, 0.3) is 0 Å². The van der Waals surface area contributed by atoms with Crippen molar-refractivity contribution < 1.29 is 9.53 Å². The van der Waals surface area contributed by atoms with Crippen LogP contribution in [0.5, 0.6) is 5.75 Å². The van der Waals surface area contributed by atoms with Gasteiger partial charge in [-0.1, -0.05) is 102 Å². The SMILES string of the molecule is CC(C)CCC[C@@H](C)[C@H]1CC[C@H]2[C@@H]3CC[C@H]4C[C@H](c5ccccc5OCc5ccccc5)C(=O)C[C@]4(C)[C@H]3CC[C@]12C. The first-order chi connectivity index (χ1) is 20.2. The van der Waals surface area contributed by atoms with Crippen LogP contribution in [0.2, 0.25) is 0 Å². The van der Waals surface area contributed by atoms with Gasteiger partial charge in [0.05, 0.1) is 0 Å². The number of hydrogen-bond acceptors (Lipinski definition) is 2. The summed E-state index contributed by atoms with van der Waals surface area (Å²) < 4.78 is 6.34. The average molecular weight is 569 g/mol. The van der Waals surface area contributed by atoms with Gasteiger partial charge in [-0.25, -0.2) is 0 Å². The first kappa shape index (κ1) is 30.0. The molecule has 0 radical (unpaired) electrons. The Hall–Kier alpha value is -2.09. The van der Waals surface area contributed by atoms with Gasteiger partial charge < -0.3 is 4.74 Å². The van der Waals surface area contributed by atoms with Gasteiger partial charge >= 0.3 is 0 Å². The Balaban J connectivity index is 1.15. The molecule has 0 bridgehead atoms. The molecule has 2 heteroatoms. The fourth-order valence-corrected chi connectivity index (χ4v) is 11.1. The highest BCUT2D eigenvalue weighted by atomic mass is 16.5. The lowest BCUT2D eigenvalue weighted by atomic mass is 9.43. The molecule has 2 aromatic rings. The maximum Gasteiger partial charge on any atom is 0.141 e. The molecule has 4 aliphatic carbocycles. The van der Waals surface area contributed by atoms with Crippen molar-refractivity contribution in [1.29, 1.82) is 0 Å². The molecule has 0 heterocycles. The summed E-state index contributed by atoms with van der Waals surface area (Å²) in [7, 11) is 0. The maximum atomic E-state index is 14.1. The number of ketones is 1. The molecule has 4 saturated carbocycles. The predicted molar refractivity (Wildman–Crippen MR) is 173 cm³/mol. The molecule has 9 atom stereocenters. The average Bonchev–Trinajstić information content (AvgIpc) is 3.33. The van der Waals surface area contributed by atoms with Gasteiger partial charge in [-0.3, -0.25) is 4.79 Å². The van der Waals surface area contributed by atoms with E-state index in [1.54, 1.807) is 0 Å². The molecular weight excluding hydrogens is 512 g/mol. The number of benzene rings is 2. The third kappa shape index (κ3) is 5.50. The molecule has 0 aliphatic heterocycles. The number of carbonyl (C=O) groups is 1. The van der Waals surface area contributed by atoms with E-state index in [0.717, 1.165) is 65.2 Å². The summed E-state index contributed by atoms with van der Waals surface area (Å²) in [6.45, 7) is 13.1. The maximum absolute atomic E-state index is 14.1. The fraction of sp³-hybridized carbons (Fsp3) is 0.675. The van der Waals surface area contributed by atoms with Crippen LogP contribution in [0, 0.1) is 52.3 Å². The number of hydrogen-bond donors (Lipinski definition) is 0. The standard InChI is InChI=1S/C40H56O2/c1-27(2)12-11-13-28(3)34-20-21-35-32-19-18-30-24-33(37(41)25-40(30,5)36(32)22-23-39(34,35)4)31-16-9-10-17-38(31)42-26-29-14-7-6-8-15-29/h6-10,14-17,27-28,30,32-36H,11-13,18-26H2,1-5H3/t28-,30+,32+,33-,34-,35+,36+,39-,40+/m1/s1. The summed E-state index contributed by atoms with van der Waals surface area (Å²) in [5.74, 6) is 6.95. The quantitative estimate of drug-likeness (QED) is 0.301. The van der Waals surface area contributed by atoms with Gasteiger partial charge in [0.25, 0.3) is 0 Å². The van der Waals surface area contributed by atoms with Gasteiger partial charge in [-0.15, -0.1) is 0 Å². The Bertz CT molecular complexity index is 1220. The minimum Gasteiger partial charge on any atom is -0.489 e. The van der Waals surface area contributed by atoms with Crippen LogP contribution in [0.4, 0.5) is 0 Å². The third-order valence-electron chi connectivity index (χ3n) is 13.3. The Morgan fingerprint density at radius 2 is 1.57 bits per heavy atom. The van der Waals surface area contributed by atoms with Crippen LogP contribution in [0.3, 0.4) is 0 Å². The minimum absolute atomic E-state index is 0.0250. The Kier molecular flexibility index (Phi) is 8.65. The molecule has 0 unspecified atom stereocenters. The molecule has 0 aromatic heterocycles. The number of rotatable bonds is 9. The number of Topliss-reactive ketones (excluding diaryl/α,β-unsaturated/α-hetero) is 1. The van der Waals surface area contributed by atoms with Crippen molar-refractivity contribution in [2.45, 2.75) is 118 Å². The lowest BCUT2D eigenvalue weighted by molar-refractivity contribution is -0.145. The van der Waals surface area contributed by atoms with Gasteiger partial charge in [0.1, 0.15) is 18.1 Å². The lowest BCUT2D eigenvalue weighted by Crippen LogP contribution is -2.55. The Labute approximate surface area is 256 Å². The van der Waals surface area contributed by atoms with Crippen LogP contribution >= 0.6 is 0 Å². The van der Waals surface area contributed by atoms with Gasteiger partial charge in [-0.2, -0.15) is 0 Å². The van der Waals surface area contributed by atoms with E-state index in [1.165, 1.54) is 57.8 Å². The zero-order valence-corrected chi connectivity index (χ0v) is 27.1. The van der Waals surface area contributed by atoms with Gasteiger partial charge in [-0.05, 0) is 109 Å². The highest BCUT2D eigenvalue weighted by molar-refractivity contribution is 5.88.